The molecule has 0 saturated heterocycles. The van der Waals surface area contributed by atoms with Crippen LogP contribution >= 0.6 is 0 Å². The zero-order chi connectivity index (χ0) is 17.6. The van der Waals surface area contributed by atoms with Crippen molar-refractivity contribution in [2.45, 2.75) is 32.7 Å². The normalized spacial score (nSPS) is 11.9. The molecule has 1 N–H and O–H groups in total. The van der Waals surface area contributed by atoms with E-state index in [-0.39, 0.29) is 11.9 Å². The number of nitrogens with one attached hydrogen (secondary N) is 1. The lowest BCUT2D eigenvalue weighted by atomic mass is 10.1. The zero-order valence-electron chi connectivity index (χ0n) is 14.3. The van der Waals surface area contributed by atoms with E-state index in [1.807, 2.05) is 50.2 Å². The molecule has 1 amide bonds. The van der Waals surface area contributed by atoms with Crippen LogP contribution in [0.5, 0.6) is 0 Å². The predicted octanol–water partition coefficient (Wildman–Crippen LogP) is 3.25. The third-order valence-electron chi connectivity index (χ3n) is 3.91. The Bertz CT molecular complexity index is 828. The highest BCUT2D eigenvalue weighted by molar-refractivity contribution is 5.76. The summed E-state index contributed by atoms with van der Waals surface area (Å²) in [6.45, 7) is 3.96. The molecule has 25 heavy (non-hydrogen) atoms. The fourth-order valence-corrected chi connectivity index (χ4v) is 2.44. The number of carbonyl (C=O) groups is 1. The number of rotatable bonds is 6. The van der Waals surface area contributed by atoms with Gasteiger partial charge in [0.25, 0.3) is 0 Å². The molecular weight excluding hydrogens is 316 g/mol. The van der Waals surface area contributed by atoms with E-state index < -0.39 is 0 Å². The number of hydrogen-bond donors (Lipinski definition) is 1. The number of hydrogen-bond acceptors (Lipinski definition) is 5. The lowest BCUT2D eigenvalue weighted by Gasteiger charge is -2.13. The Morgan fingerprint density at radius 3 is 2.56 bits per heavy atom. The lowest BCUT2D eigenvalue weighted by Crippen LogP contribution is -2.26. The number of aromatic nitrogens is 3. The molecule has 0 saturated carbocycles. The number of carbonyl (C=O) groups excluding carboxylic acids is 1. The number of pyridine rings is 1. The van der Waals surface area contributed by atoms with E-state index in [1.165, 1.54) is 5.56 Å². The molecule has 1 unspecified atom stereocenters. The van der Waals surface area contributed by atoms with Crippen molar-refractivity contribution in [2.24, 2.45) is 0 Å². The third kappa shape index (κ3) is 4.50. The van der Waals surface area contributed by atoms with E-state index in [2.05, 4.69) is 20.5 Å². The Morgan fingerprint density at radius 2 is 1.84 bits per heavy atom. The second-order valence-corrected chi connectivity index (χ2v) is 5.94. The molecule has 128 valence electrons. The van der Waals surface area contributed by atoms with Gasteiger partial charge in [-0.15, -0.1) is 10.2 Å². The molecule has 6 nitrogen and oxygen atoms in total. The number of amides is 1. The van der Waals surface area contributed by atoms with E-state index in [4.69, 9.17) is 4.42 Å². The fourth-order valence-electron chi connectivity index (χ4n) is 2.44. The van der Waals surface area contributed by atoms with Crippen LogP contribution in [0.15, 0.2) is 53.2 Å². The van der Waals surface area contributed by atoms with Crippen molar-refractivity contribution >= 4 is 5.91 Å². The molecule has 0 aliphatic heterocycles. The van der Waals surface area contributed by atoms with Gasteiger partial charge in [-0.1, -0.05) is 17.7 Å². The minimum Gasteiger partial charge on any atom is -0.421 e. The molecule has 2 heterocycles. The van der Waals surface area contributed by atoms with Gasteiger partial charge in [0.15, 0.2) is 0 Å². The summed E-state index contributed by atoms with van der Waals surface area (Å²) in [5, 5.41) is 11.0. The number of nitrogens with zero attached hydrogens (tertiary/aromatic N) is 3. The quantitative estimate of drug-likeness (QED) is 0.747. The molecule has 1 aromatic carbocycles. The van der Waals surface area contributed by atoms with Crippen molar-refractivity contribution in [1.29, 1.82) is 0 Å². The summed E-state index contributed by atoms with van der Waals surface area (Å²) in [6.07, 6.45) is 4.13. The van der Waals surface area contributed by atoms with Gasteiger partial charge in [0, 0.05) is 30.8 Å². The Kier molecular flexibility index (Phi) is 5.18. The highest BCUT2D eigenvalue weighted by Gasteiger charge is 2.13. The van der Waals surface area contributed by atoms with Gasteiger partial charge in [-0.2, -0.15) is 0 Å². The monoisotopic (exact) mass is 336 g/mol. The second kappa shape index (κ2) is 7.70. The summed E-state index contributed by atoms with van der Waals surface area (Å²) in [5.74, 6) is 0.877. The average molecular weight is 336 g/mol. The van der Waals surface area contributed by atoms with Crippen molar-refractivity contribution in [2.75, 3.05) is 0 Å². The molecule has 3 rings (SSSR count). The molecular formula is C19H20N4O2. The molecule has 0 radical (unpaired) electrons. The minimum absolute atomic E-state index is 0.0561. The summed E-state index contributed by atoms with van der Waals surface area (Å²) < 4.78 is 5.64. The highest BCUT2D eigenvalue weighted by Crippen LogP contribution is 2.19. The van der Waals surface area contributed by atoms with Gasteiger partial charge in [0.05, 0.1) is 6.04 Å². The Morgan fingerprint density at radius 1 is 1.12 bits per heavy atom. The van der Waals surface area contributed by atoms with E-state index in [0.717, 1.165) is 11.1 Å². The first-order valence-electron chi connectivity index (χ1n) is 8.20. The van der Waals surface area contributed by atoms with Gasteiger partial charge < -0.3 is 9.73 Å². The van der Waals surface area contributed by atoms with Crippen LogP contribution in [0.2, 0.25) is 0 Å². The van der Waals surface area contributed by atoms with Crippen LogP contribution < -0.4 is 5.32 Å². The predicted molar refractivity (Wildman–Crippen MR) is 93.6 cm³/mol. The number of aryl methyl sites for hydroxylation is 2. The lowest BCUT2D eigenvalue weighted by molar-refractivity contribution is -0.121. The van der Waals surface area contributed by atoms with Crippen molar-refractivity contribution in [3.05, 3.63) is 65.8 Å². The fraction of sp³-hybridized carbons (Fsp3) is 0.263. The zero-order valence-corrected chi connectivity index (χ0v) is 14.3. The first-order chi connectivity index (χ1) is 12.1. The van der Waals surface area contributed by atoms with Gasteiger partial charge in [0.2, 0.25) is 17.7 Å². The molecule has 6 heteroatoms. The van der Waals surface area contributed by atoms with Crippen molar-refractivity contribution in [3.63, 3.8) is 0 Å². The van der Waals surface area contributed by atoms with Gasteiger partial charge in [0.1, 0.15) is 0 Å². The third-order valence-corrected chi connectivity index (χ3v) is 3.91. The van der Waals surface area contributed by atoms with Crippen LogP contribution in [0, 0.1) is 6.92 Å². The van der Waals surface area contributed by atoms with Crippen LogP contribution in [0.25, 0.3) is 11.5 Å². The Hall–Kier alpha value is -3.02. The Balaban J connectivity index is 1.53. The van der Waals surface area contributed by atoms with Crippen molar-refractivity contribution in [1.82, 2.24) is 20.5 Å². The SMILES string of the molecule is Cc1ccc(-c2nnc(CCC(=O)NC(C)c3ccncc3)o2)cc1. The topological polar surface area (TPSA) is 80.9 Å². The summed E-state index contributed by atoms with van der Waals surface area (Å²) in [4.78, 5) is 16.1. The number of benzene rings is 1. The van der Waals surface area contributed by atoms with Gasteiger partial charge >= 0.3 is 0 Å². The van der Waals surface area contributed by atoms with Crippen molar-refractivity contribution in [3.8, 4) is 11.5 Å². The highest BCUT2D eigenvalue weighted by atomic mass is 16.4. The molecule has 0 fully saturated rings. The summed E-state index contributed by atoms with van der Waals surface area (Å²) >= 11 is 0. The molecule has 3 aromatic rings. The van der Waals surface area contributed by atoms with E-state index in [0.29, 0.717) is 24.6 Å². The molecule has 2 aromatic heterocycles. The molecule has 1 atom stereocenters. The second-order valence-electron chi connectivity index (χ2n) is 5.94. The molecule has 0 spiro atoms. The largest absolute Gasteiger partial charge is 0.421 e. The van der Waals surface area contributed by atoms with Crippen LogP contribution in [0.3, 0.4) is 0 Å². The van der Waals surface area contributed by atoms with Gasteiger partial charge in [-0.3, -0.25) is 9.78 Å². The summed E-state index contributed by atoms with van der Waals surface area (Å²) in [7, 11) is 0. The van der Waals surface area contributed by atoms with E-state index >= 15 is 0 Å². The Labute approximate surface area is 146 Å². The van der Waals surface area contributed by atoms with Crippen LogP contribution in [-0.2, 0) is 11.2 Å². The maximum absolute atomic E-state index is 12.1. The maximum atomic E-state index is 12.1. The van der Waals surface area contributed by atoms with Crippen molar-refractivity contribution < 1.29 is 9.21 Å². The van der Waals surface area contributed by atoms with Crippen LogP contribution in [0.1, 0.15) is 36.4 Å². The average Bonchev–Trinajstić information content (AvgIpc) is 3.10. The van der Waals surface area contributed by atoms with E-state index in [1.54, 1.807) is 12.4 Å². The van der Waals surface area contributed by atoms with Crippen LogP contribution in [0.4, 0.5) is 0 Å². The standard InChI is InChI=1S/C19H20N4O2/c1-13-3-5-16(6-4-13)19-23-22-18(25-19)8-7-17(24)21-14(2)15-9-11-20-12-10-15/h3-6,9-12,14H,7-8H2,1-2H3,(H,21,24). The van der Waals surface area contributed by atoms with Crippen LogP contribution in [-0.4, -0.2) is 21.1 Å². The van der Waals surface area contributed by atoms with Gasteiger partial charge in [-0.25, -0.2) is 0 Å². The summed E-state index contributed by atoms with van der Waals surface area (Å²) in [6, 6.07) is 11.6. The first-order valence-corrected chi connectivity index (χ1v) is 8.20. The van der Waals surface area contributed by atoms with E-state index in [9.17, 15) is 4.79 Å². The molecule has 0 aliphatic carbocycles. The minimum atomic E-state index is -0.0682. The molecule has 0 aliphatic rings. The smallest absolute Gasteiger partial charge is 0.247 e. The first kappa shape index (κ1) is 16.8. The summed E-state index contributed by atoms with van der Waals surface area (Å²) in [5.41, 5.74) is 3.06. The maximum Gasteiger partial charge on any atom is 0.247 e. The molecule has 0 bridgehead atoms. The van der Waals surface area contributed by atoms with Gasteiger partial charge in [-0.05, 0) is 43.7 Å².